The lowest BCUT2D eigenvalue weighted by atomic mass is 10.1. The number of fused-ring (bicyclic) bond motifs is 1. The van der Waals surface area contributed by atoms with Gasteiger partial charge in [-0.15, -0.1) is 0 Å². The number of halogens is 2. The molecule has 0 radical (unpaired) electrons. The second-order valence-electron chi connectivity index (χ2n) is 6.62. The maximum atomic E-state index is 13.1. The second-order valence-corrected chi connectivity index (χ2v) is 6.62. The van der Waals surface area contributed by atoms with Crippen LogP contribution in [-0.2, 0) is 9.47 Å². The Kier molecular flexibility index (Phi) is 9.11. The van der Waals surface area contributed by atoms with Crippen molar-refractivity contribution in [1.82, 2.24) is 19.5 Å². The fraction of sp³-hybridized carbons (Fsp3) is 0.429. The number of aromatic nitrogens is 3. The van der Waals surface area contributed by atoms with Gasteiger partial charge in [-0.05, 0) is 20.0 Å². The van der Waals surface area contributed by atoms with Gasteiger partial charge < -0.3 is 14.4 Å². The van der Waals surface area contributed by atoms with Crippen molar-refractivity contribution in [3.8, 4) is 11.3 Å². The van der Waals surface area contributed by atoms with Gasteiger partial charge in [0, 0.05) is 38.4 Å². The molecule has 3 aromatic rings. The van der Waals surface area contributed by atoms with Crippen LogP contribution in [0.2, 0.25) is 0 Å². The number of rotatable bonds is 2. The fourth-order valence-electron chi connectivity index (χ4n) is 2.66. The van der Waals surface area contributed by atoms with Crippen molar-refractivity contribution in [3.05, 3.63) is 53.9 Å². The Morgan fingerprint density at radius 2 is 1.72 bits per heavy atom. The highest BCUT2D eigenvalue weighted by atomic mass is 19.3. The molecule has 0 spiro atoms. The van der Waals surface area contributed by atoms with Crippen LogP contribution in [0.5, 0.6) is 0 Å². The zero-order valence-electron chi connectivity index (χ0n) is 17.3. The summed E-state index contributed by atoms with van der Waals surface area (Å²) in [6.07, 6.45) is -1.05. The van der Waals surface area contributed by atoms with Gasteiger partial charge in [0.15, 0.2) is 5.65 Å². The Hall–Kier alpha value is -2.42. The van der Waals surface area contributed by atoms with E-state index >= 15 is 0 Å². The molecule has 0 N–H and O–H groups in total. The smallest absolute Gasteiger partial charge is 0.280 e. The molecule has 0 bridgehead atoms. The molecule has 29 heavy (non-hydrogen) atoms. The number of morpholine rings is 1. The minimum absolute atomic E-state index is 0.142. The quantitative estimate of drug-likeness (QED) is 0.647. The molecule has 1 aromatic carbocycles. The van der Waals surface area contributed by atoms with E-state index in [0.29, 0.717) is 11.3 Å². The number of benzene rings is 1. The summed E-state index contributed by atoms with van der Waals surface area (Å²) in [5.74, 6) is 0. The second kappa shape index (κ2) is 11.5. The molecular formula is C21H28F2N4O2. The van der Waals surface area contributed by atoms with Crippen LogP contribution in [0.15, 0.2) is 42.6 Å². The van der Waals surface area contributed by atoms with Crippen molar-refractivity contribution in [3.63, 3.8) is 0 Å². The molecule has 1 fully saturated rings. The SMILES string of the molecule is CN1CCOCC1.COC.Cc1cnn2c(C(F)F)cc(-c3ccccc3)nc12. The third-order valence-electron chi connectivity index (χ3n) is 4.20. The third-order valence-corrected chi connectivity index (χ3v) is 4.20. The number of hydrogen-bond donors (Lipinski definition) is 0. The lowest BCUT2D eigenvalue weighted by molar-refractivity contribution is 0.0503. The molecule has 8 heteroatoms. The number of ether oxygens (including phenoxy) is 2. The zero-order valence-corrected chi connectivity index (χ0v) is 17.3. The first-order chi connectivity index (χ1) is 14.0. The summed E-state index contributed by atoms with van der Waals surface area (Å²) in [6.45, 7) is 5.83. The van der Waals surface area contributed by atoms with Crippen LogP contribution in [0.4, 0.5) is 8.78 Å². The average molecular weight is 406 g/mol. The average Bonchev–Trinajstić information content (AvgIpc) is 3.10. The van der Waals surface area contributed by atoms with E-state index in [-0.39, 0.29) is 5.69 Å². The summed E-state index contributed by atoms with van der Waals surface area (Å²) >= 11 is 0. The van der Waals surface area contributed by atoms with Gasteiger partial charge in [0.05, 0.1) is 25.1 Å². The van der Waals surface area contributed by atoms with E-state index in [2.05, 4.69) is 26.8 Å². The van der Waals surface area contributed by atoms with Gasteiger partial charge in [0.1, 0.15) is 5.69 Å². The highest BCUT2D eigenvalue weighted by molar-refractivity contribution is 5.63. The highest BCUT2D eigenvalue weighted by Crippen LogP contribution is 2.26. The molecule has 0 unspecified atom stereocenters. The normalized spacial score (nSPS) is 14.2. The third kappa shape index (κ3) is 6.56. The van der Waals surface area contributed by atoms with Crippen molar-refractivity contribution >= 4 is 5.65 Å². The Labute approximate surface area is 170 Å². The molecule has 0 saturated carbocycles. The largest absolute Gasteiger partial charge is 0.388 e. The van der Waals surface area contributed by atoms with E-state index in [1.165, 1.54) is 10.6 Å². The molecule has 6 nitrogen and oxygen atoms in total. The summed E-state index contributed by atoms with van der Waals surface area (Å²) in [5, 5.41) is 3.95. The summed E-state index contributed by atoms with van der Waals surface area (Å²) in [4.78, 5) is 6.68. The van der Waals surface area contributed by atoms with Crippen molar-refractivity contribution in [1.29, 1.82) is 0 Å². The maximum Gasteiger partial charge on any atom is 0.280 e. The lowest BCUT2D eigenvalue weighted by Crippen LogP contribution is -2.32. The molecule has 0 atom stereocenters. The molecule has 4 rings (SSSR count). The number of nitrogens with zero attached hydrogens (tertiary/aromatic N) is 4. The zero-order chi connectivity index (χ0) is 21.2. The van der Waals surface area contributed by atoms with Crippen LogP contribution in [0, 0.1) is 6.92 Å². The molecule has 1 aliphatic heterocycles. The Balaban J connectivity index is 0.000000250. The molecule has 0 aliphatic carbocycles. The van der Waals surface area contributed by atoms with Crippen LogP contribution in [0.25, 0.3) is 16.9 Å². The van der Waals surface area contributed by atoms with Gasteiger partial charge in [-0.2, -0.15) is 5.10 Å². The van der Waals surface area contributed by atoms with Crippen molar-refractivity contribution in [2.75, 3.05) is 47.6 Å². The number of hydrogen-bond acceptors (Lipinski definition) is 5. The van der Waals surface area contributed by atoms with E-state index < -0.39 is 6.43 Å². The molecule has 2 aromatic heterocycles. The van der Waals surface area contributed by atoms with Gasteiger partial charge in [-0.1, -0.05) is 30.3 Å². The van der Waals surface area contributed by atoms with Gasteiger partial charge in [0.2, 0.25) is 0 Å². The van der Waals surface area contributed by atoms with Crippen LogP contribution < -0.4 is 0 Å². The topological polar surface area (TPSA) is 51.9 Å². The van der Waals surface area contributed by atoms with Gasteiger partial charge >= 0.3 is 0 Å². The van der Waals surface area contributed by atoms with Gasteiger partial charge in [-0.25, -0.2) is 18.3 Å². The standard InChI is InChI=1S/C14H11F2N3.C5H11NO.C2H6O/c1-9-8-17-19-12(13(15)16)7-11(18-14(9)19)10-5-3-2-4-6-10;1-6-2-4-7-5-3-6;1-3-2/h2-8,13H,1H3;2-5H2,1H3;1-2H3. The minimum atomic E-state index is -2.59. The van der Waals surface area contributed by atoms with Crippen LogP contribution in [0.1, 0.15) is 17.7 Å². The number of methoxy groups -OCH3 is 1. The Morgan fingerprint density at radius 3 is 2.24 bits per heavy atom. The molecule has 1 saturated heterocycles. The monoisotopic (exact) mass is 406 g/mol. The number of alkyl halides is 2. The summed E-state index contributed by atoms with van der Waals surface area (Å²) < 4.78 is 36.8. The first-order valence-corrected chi connectivity index (χ1v) is 9.33. The molecular weight excluding hydrogens is 378 g/mol. The Morgan fingerprint density at radius 1 is 1.10 bits per heavy atom. The number of aryl methyl sites for hydroxylation is 1. The van der Waals surface area contributed by atoms with E-state index in [1.54, 1.807) is 27.3 Å². The van der Waals surface area contributed by atoms with Crippen molar-refractivity contribution in [2.45, 2.75) is 13.3 Å². The predicted octanol–water partition coefficient (Wildman–Crippen LogP) is 3.85. The molecule has 3 heterocycles. The van der Waals surface area contributed by atoms with E-state index in [4.69, 9.17) is 4.74 Å². The first-order valence-electron chi connectivity index (χ1n) is 9.33. The van der Waals surface area contributed by atoms with E-state index in [0.717, 1.165) is 37.4 Å². The fourth-order valence-corrected chi connectivity index (χ4v) is 2.66. The van der Waals surface area contributed by atoms with Gasteiger partial charge in [0.25, 0.3) is 6.43 Å². The Bertz CT molecular complexity index is 866. The molecule has 158 valence electrons. The minimum Gasteiger partial charge on any atom is -0.388 e. The van der Waals surface area contributed by atoms with Crippen molar-refractivity contribution in [2.24, 2.45) is 0 Å². The number of likely N-dealkylation sites (N-methyl/N-ethyl adjacent to an activating group) is 1. The van der Waals surface area contributed by atoms with Crippen LogP contribution in [0.3, 0.4) is 0 Å². The first kappa shape index (κ1) is 22.9. The molecule has 1 aliphatic rings. The van der Waals surface area contributed by atoms with Crippen LogP contribution in [-0.4, -0.2) is 67.1 Å². The van der Waals surface area contributed by atoms with E-state index in [9.17, 15) is 8.78 Å². The summed E-state index contributed by atoms with van der Waals surface area (Å²) in [6, 6.07) is 10.7. The maximum absolute atomic E-state index is 13.1. The lowest BCUT2D eigenvalue weighted by Gasteiger charge is -2.21. The molecule has 0 amide bonds. The van der Waals surface area contributed by atoms with E-state index in [1.807, 2.05) is 30.3 Å². The van der Waals surface area contributed by atoms with Crippen molar-refractivity contribution < 1.29 is 18.3 Å². The predicted molar refractivity (Wildman–Crippen MR) is 109 cm³/mol. The summed E-state index contributed by atoms with van der Waals surface area (Å²) in [7, 11) is 5.36. The van der Waals surface area contributed by atoms with Crippen LogP contribution >= 0.6 is 0 Å². The highest BCUT2D eigenvalue weighted by Gasteiger charge is 2.17. The summed E-state index contributed by atoms with van der Waals surface area (Å²) in [5.41, 5.74) is 2.45. The van der Waals surface area contributed by atoms with Gasteiger partial charge in [-0.3, -0.25) is 0 Å².